The van der Waals surface area contributed by atoms with Crippen LogP contribution in [0.2, 0.25) is 0 Å². The number of H-pyrrole nitrogens is 1. The molecule has 2 aromatic carbocycles. The smallest absolute Gasteiger partial charge is 0.339 e. The van der Waals surface area contributed by atoms with E-state index in [9.17, 15) is 4.79 Å². The third-order valence-electron chi connectivity index (χ3n) is 4.22. The minimum atomic E-state index is -0.395. The van der Waals surface area contributed by atoms with Crippen molar-refractivity contribution in [3.63, 3.8) is 0 Å². The Hall–Kier alpha value is -2.75. The van der Waals surface area contributed by atoms with Crippen molar-refractivity contribution in [1.29, 1.82) is 0 Å². The number of carbonyl (C=O) groups is 1. The highest BCUT2D eigenvalue weighted by Gasteiger charge is 2.35. The zero-order valence-electron chi connectivity index (χ0n) is 13.3. The number of nitrogens with one attached hydrogen (secondary N) is 1. The van der Waals surface area contributed by atoms with Crippen LogP contribution in [0.15, 0.2) is 42.0 Å². The lowest BCUT2D eigenvalue weighted by Gasteiger charge is -2.11. The molecule has 23 heavy (non-hydrogen) atoms. The van der Waals surface area contributed by atoms with Gasteiger partial charge in [0, 0.05) is 16.3 Å². The van der Waals surface area contributed by atoms with Crippen LogP contribution in [0, 0.1) is 0 Å². The number of cyclic esters (lactones) is 1. The number of ether oxygens (including phenoxy) is 2. The Kier molecular flexibility index (Phi) is 2.94. The number of carbonyl (C=O) groups excluding carboxylic acids is 1. The molecule has 4 nitrogen and oxygen atoms in total. The summed E-state index contributed by atoms with van der Waals surface area (Å²) in [6, 6.07) is 9.94. The molecule has 1 atom stereocenters. The Morgan fingerprint density at radius 3 is 2.78 bits per heavy atom. The van der Waals surface area contributed by atoms with E-state index in [1.165, 1.54) is 0 Å². The minimum absolute atomic E-state index is 0.298. The first-order valence-electron chi connectivity index (χ1n) is 7.57. The molecule has 1 N–H and O–H groups in total. The highest BCUT2D eigenvalue weighted by Crippen LogP contribution is 2.44. The molecule has 0 saturated heterocycles. The molecule has 1 aliphatic rings. The SMILES string of the molecule is COc1c2c(cc3c1[nH]c1ccccc13)C(=O)OC2C=C(C)C. The van der Waals surface area contributed by atoms with Crippen molar-refractivity contribution >= 4 is 27.8 Å². The summed E-state index contributed by atoms with van der Waals surface area (Å²) in [5.41, 5.74) is 4.41. The third-order valence-corrected chi connectivity index (χ3v) is 4.22. The number of aromatic amines is 1. The van der Waals surface area contributed by atoms with Gasteiger partial charge in [0.1, 0.15) is 0 Å². The molecule has 4 heteroatoms. The van der Waals surface area contributed by atoms with E-state index in [-0.39, 0.29) is 5.97 Å². The number of methoxy groups -OCH3 is 1. The Balaban J connectivity index is 2.11. The molecule has 0 bridgehead atoms. The quantitative estimate of drug-likeness (QED) is 0.560. The Labute approximate surface area is 133 Å². The number of aromatic nitrogens is 1. The van der Waals surface area contributed by atoms with Crippen LogP contribution < -0.4 is 4.74 Å². The fourth-order valence-corrected chi connectivity index (χ4v) is 3.29. The minimum Gasteiger partial charge on any atom is -0.494 e. The van der Waals surface area contributed by atoms with Crippen molar-refractivity contribution in [3.05, 3.63) is 53.1 Å². The molecule has 1 aliphatic heterocycles. The number of esters is 1. The van der Waals surface area contributed by atoms with E-state index >= 15 is 0 Å². The number of hydrogen-bond donors (Lipinski definition) is 1. The van der Waals surface area contributed by atoms with Crippen molar-refractivity contribution in [2.75, 3.05) is 7.11 Å². The first kappa shape index (κ1) is 13.9. The molecular formula is C19H17NO3. The number of allylic oxidation sites excluding steroid dienone is 1. The van der Waals surface area contributed by atoms with E-state index < -0.39 is 6.10 Å². The fraction of sp³-hybridized carbons (Fsp3) is 0.211. The van der Waals surface area contributed by atoms with Crippen LogP contribution in [0.3, 0.4) is 0 Å². The molecule has 0 spiro atoms. The van der Waals surface area contributed by atoms with E-state index in [0.29, 0.717) is 11.3 Å². The number of benzene rings is 2. The highest BCUT2D eigenvalue weighted by molar-refractivity contribution is 6.13. The molecule has 4 rings (SSSR count). The van der Waals surface area contributed by atoms with Crippen LogP contribution in [-0.4, -0.2) is 18.1 Å². The summed E-state index contributed by atoms with van der Waals surface area (Å²) < 4.78 is 11.2. The molecule has 0 amide bonds. The topological polar surface area (TPSA) is 51.3 Å². The summed E-state index contributed by atoms with van der Waals surface area (Å²) in [6.07, 6.45) is 1.55. The van der Waals surface area contributed by atoms with Crippen LogP contribution in [-0.2, 0) is 4.74 Å². The maximum absolute atomic E-state index is 12.3. The fourth-order valence-electron chi connectivity index (χ4n) is 3.29. The molecule has 0 radical (unpaired) electrons. The van der Waals surface area contributed by atoms with Gasteiger partial charge in [-0.05, 0) is 32.1 Å². The number of rotatable bonds is 2. The van der Waals surface area contributed by atoms with Gasteiger partial charge in [0.2, 0.25) is 0 Å². The van der Waals surface area contributed by atoms with Crippen LogP contribution >= 0.6 is 0 Å². The normalized spacial score (nSPS) is 16.5. The van der Waals surface area contributed by atoms with Crippen LogP contribution in [0.5, 0.6) is 5.75 Å². The van der Waals surface area contributed by atoms with Crippen LogP contribution in [0.25, 0.3) is 21.8 Å². The van der Waals surface area contributed by atoms with Crippen molar-refractivity contribution in [3.8, 4) is 5.75 Å². The van der Waals surface area contributed by atoms with E-state index in [0.717, 1.165) is 32.9 Å². The Morgan fingerprint density at radius 1 is 1.26 bits per heavy atom. The van der Waals surface area contributed by atoms with E-state index in [1.54, 1.807) is 7.11 Å². The monoisotopic (exact) mass is 307 g/mol. The maximum atomic E-state index is 12.3. The third kappa shape index (κ3) is 1.95. The predicted molar refractivity (Wildman–Crippen MR) is 89.9 cm³/mol. The summed E-state index contributed by atoms with van der Waals surface area (Å²) in [4.78, 5) is 15.7. The molecule has 3 aromatic rings. The predicted octanol–water partition coefficient (Wildman–Crippen LogP) is 4.51. The lowest BCUT2D eigenvalue weighted by molar-refractivity contribution is 0.0465. The first-order chi connectivity index (χ1) is 11.1. The second-order valence-electron chi connectivity index (χ2n) is 6.03. The summed E-state index contributed by atoms with van der Waals surface area (Å²) in [7, 11) is 1.63. The zero-order valence-corrected chi connectivity index (χ0v) is 13.3. The van der Waals surface area contributed by atoms with Gasteiger partial charge in [0.05, 0.1) is 23.8 Å². The maximum Gasteiger partial charge on any atom is 0.339 e. The van der Waals surface area contributed by atoms with Gasteiger partial charge >= 0.3 is 5.97 Å². The summed E-state index contributed by atoms with van der Waals surface area (Å²) in [5.74, 6) is 0.384. The number of hydrogen-bond acceptors (Lipinski definition) is 3. The molecule has 2 heterocycles. The van der Waals surface area contributed by atoms with Crippen molar-refractivity contribution in [2.45, 2.75) is 20.0 Å². The van der Waals surface area contributed by atoms with Crippen molar-refractivity contribution in [1.82, 2.24) is 4.98 Å². The van der Waals surface area contributed by atoms with E-state index in [1.807, 2.05) is 50.3 Å². The first-order valence-corrected chi connectivity index (χ1v) is 7.57. The van der Waals surface area contributed by atoms with Gasteiger partial charge in [-0.1, -0.05) is 23.8 Å². The number of para-hydroxylation sites is 1. The standard InChI is InChI=1S/C19H17NO3/c1-10(2)8-15-16-13(19(21)23-15)9-12-11-6-4-5-7-14(11)20-17(12)18(16)22-3/h4-9,15,20H,1-3H3. The molecule has 1 aromatic heterocycles. The molecule has 0 aliphatic carbocycles. The van der Waals surface area contributed by atoms with Gasteiger partial charge < -0.3 is 14.5 Å². The van der Waals surface area contributed by atoms with Crippen LogP contribution in [0.4, 0.5) is 0 Å². The molecule has 116 valence electrons. The van der Waals surface area contributed by atoms with E-state index in [4.69, 9.17) is 9.47 Å². The van der Waals surface area contributed by atoms with Crippen molar-refractivity contribution in [2.24, 2.45) is 0 Å². The Morgan fingerprint density at radius 2 is 2.04 bits per heavy atom. The van der Waals surface area contributed by atoms with Crippen molar-refractivity contribution < 1.29 is 14.3 Å². The summed E-state index contributed by atoms with van der Waals surface area (Å²) >= 11 is 0. The van der Waals surface area contributed by atoms with E-state index in [2.05, 4.69) is 4.98 Å². The van der Waals surface area contributed by atoms with Crippen LogP contribution in [0.1, 0.15) is 35.9 Å². The number of fused-ring (bicyclic) bond motifs is 4. The average Bonchev–Trinajstić information content (AvgIpc) is 3.03. The van der Waals surface area contributed by atoms with Gasteiger partial charge in [0.15, 0.2) is 11.9 Å². The summed E-state index contributed by atoms with van der Waals surface area (Å²) in [5, 5.41) is 2.05. The van der Waals surface area contributed by atoms with Gasteiger partial charge in [-0.2, -0.15) is 0 Å². The molecule has 0 fully saturated rings. The highest BCUT2D eigenvalue weighted by atomic mass is 16.6. The lowest BCUT2D eigenvalue weighted by atomic mass is 9.99. The van der Waals surface area contributed by atoms with Gasteiger partial charge in [-0.3, -0.25) is 0 Å². The van der Waals surface area contributed by atoms with Gasteiger partial charge in [0.25, 0.3) is 0 Å². The zero-order chi connectivity index (χ0) is 16.1. The summed E-state index contributed by atoms with van der Waals surface area (Å²) in [6.45, 7) is 3.97. The lowest BCUT2D eigenvalue weighted by Crippen LogP contribution is -1.98. The molecule has 0 saturated carbocycles. The molecule has 1 unspecified atom stereocenters. The largest absolute Gasteiger partial charge is 0.494 e. The second-order valence-corrected chi connectivity index (χ2v) is 6.03. The second kappa shape index (κ2) is 4.88. The average molecular weight is 307 g/mol. The van der Waals surface area contributed by atoms with Gasteiger partial charge in [-0.25, -0.2) is 4.79 Å². The van der Waals surface area contributed by atoms with Gasteiger partial charge in [-0.15, -0.1) is 0 Å². The Bertz CT molecular complexity index is 977. The molecular weight excluding hydrogens is 290 g/mol.